The van der Waals surface area contributed by atoms with E-state index in [0.29, 0.717) is 24.8 Å². The van der Waals surface area contributed by atoms with Gasteiger partial charge in [0.2, 0.25) is 0 Å². The SMILES string of the molecule is CCN(C(=O)c1cc2ccccc2[nH]1)[C@H]1CCC[C@@H](NCc2cc(C)no2)C1. The van der Waals surface area contributed by atoms with Gasteiger partial charge in [0.1, 0.15) is 5.69 Å². The van der Waals surface area contributed by atoms with Gasteiger partial charge in [0, 0.05) is 35.6 Å². The molecule has 4 rings (SSSR count). The number of aromatic amines is 1. The molecule has 6 heteroatoms. The number of nitrogens with zero attached hydrogens (tertiary/aromatic N) is 2. The number of benzene rings is 1. The molecule has 6 nitrogen and oxygen atoms in total. The van der Waals surface area contributed by atoms with Gasteiger partial charge >= 0.3 is 0 Å². The number of aromatic nitrogens is 2. The number of hydrogen-bond donors (Lipinski definition) is 2. The highest BCUT2D eigenvalue weighted by molar-refractivity contribution is 5.98. The van der Waals surface area contributed by atoms with Crippen LogP contribution in [0.1, 0.15) is 54.5 Å². The maximum atomic E-state index is 13.2. The molecule has 2 N–H and O–H groups in total. The number of carbonyl (C=O) groups is 1. The molecule has 2 heterocycles. The Morgan fingerprint density at radius 2 is 2.18 bits per heavy atom. The second-order valence-corrected chi connectivity index (χ2v) is 7.69. The van der Waals surface area contributed by atoms with Gasteiger partial charge in [-0.05, 0) is 51.7 Å². The average Bonchev–Trinajstić information content (AvgIpc) is 3.33. The van der Waals surface area contributed by atoms with Crippen LogP contribution in [0.15, 0.2) is 40.9 Å². The molecule has 1 amide bonds. The summed E-state index contributed by atoms with van der Waals surface area (Å²) < 4.78 is 5.29. The van der Waals surface area contributed by atoms with Crippen LogP contribution in [0, 0.1) is 6.92 Å². The number of hydrogen-bond acceptors (Lipinski definition) is 4. The molecule has 2 atom stereocenters. The van der Waals surface area contributed by atoms with Gasteiger partial charge in [0.25, 0.3) is 5.91 Å². The number of fused-ring (bicyclic) bond motifs is 1. The molecular formula is C22H28N4O2. The molecule has 1 fully saturated rings. The lowest BCUT2D eigenvalue weighted by Crippen LogP contribution is -2.46. The Bertz CT molecular complexity index is 912. The summed E-state index contributed by atoms with van der Waals surface area (Å²) in [7, 11) is 0. The first-order valence-corrected chi connectivity index (χ1v) is 10.2. The van der Waals surface area contributed by atoms with Crippen LogP contribution in [0.5, 0.6) is 0 Å². The summed E-state index contributed by atoms with van der Waals surface area (Å²) in [6.07, 6.45) is 4.27. The van der Waals surface area contributed by atoms with Crippen molar-refractivity contribution in [3.05, 3.63) is 53.5 Å². The Morgan fingerprint density at radius 1 is 1.32 bits per heavy atom. The van der Waals surface area contributed by atoms with Crippen molar-refractivity contribution in [2.24, 2.45) is 0 Å². The zero-order chi connectivity index (χ0) is 19.5. The minimum atomic E-state index is 0.0928. The second-order valence-electron chi connectivity index (χ2n) is 7.69. The minimum absolute atomic E-state index is 0.0928. The zero-order valence-corrected chi connectivity index (χ0v) is 16.6. The van der Waals surface area contributed by atoms with Crippen molar-refractivity contribution in [2.75, 3.05) is 6.54 Å². The highest BCUT2D eigenvalue weighted by atomic mass is 16.5. The Hall–Kier alpha value is -2.60. The molecule has 28 heavy (non-hydrogen) atoms. The third kappa shape index (κ3) is 3.97. The van der Waals surface area contributed by atoms with Crippen LogP contribution in [-0.4, -0.2) is 39.6 Å². The molecule has 0 bridgehead atoms. The molecule has 3 aromatic rings. The standard InChI is InChI=1S/C22H28N4O2/c1-3-26(22(27)21-12-16-7-4-5-10-20(16)24-21)18-9-6-8-17(13-18)23-14-19-11-15(2)25-28-19/h4-5,7,10-12,17-18,23-24H,3,6,8-9,13-14H2,1-2H3/t17-,18+/m1/s1. The largest absolute Gasteiger partial charge is 0.360 e. The molecule has 1 aromatic carbocycles. The maximum Gasteiger partial charge on any atom is 0.270 e. The Balaban J connectivity index is 1.42. The molecule has 2 aromatic heterocycles. The van der Waals surface area contributed by atoms with Gasteiger partial charge in [-0.1, -0.05) is 23.4 Å². The summed E-state index contributed by atoms with van der Waals surface area (Å²) in [5, 5.41) is 8.60. The van der Waals surface area contributed by atoms with Crippen molar-refractivity contribution in [1.82, 2.24) is 20.4 Å². The number of nitrogens with one attached hydrogen (secondary N) is 2. The van der Waals surface area contributed by atoms with Gasteiger partial charge in [0.15, 0.2) is 5.76 Å². The molecule has 148 valence electrons. The first-order valence-electron chi connectivity index (χ1n) is 10.2. The van der Waals surface area contributed by atoms with Gasteiger partial charge in [-0.2, -0.15) is 0 Å². The number of H-pyrrole nitrogens is 1. The first kappa shape index (κ1) is 18.7. The van der Waals surface area contributed by atoms with Gasteiger partial charge in [-0.15, -0.1) is 0 Å². The molecule has 0 unspecified atom stereocenters. The van der Waals surface area contributed by atoms with Gasteiger partial charge < -0.3 is 19.7 Å². The smallest absolute Gasteiger partial charge is 0.270 e. The van der Waals surface area contributed by atoms with Crippen LogP contribution in [0.2, 0.25) is 0 Å². The van der Waals surface area contributed by atoms with Gasteiger partial charge in [0.05, 0.1) is 12.2 Å². The van der Waals surface area contributed by atoms with Crippen LogP contribution < -0.4 is 5.32 Å². The summed E-state index contributed by atoms with van der Waals surface area (Å²) in [5.74, 6) is 0.955. The molecular weight excluding hydrogens is 352 g/mol. The number of para-hydroxylation sites is 1. The Labute approximate surface area is 165 Å². The molecule has 1 aliphatic rings. The highest BCUT2D eigenvalue weighted by Gasteiger charge is 2.30. The highest BCUT2D eigenvalue weighted by Crippen LogP contribution is 2.26. The van der Waals surface area contributed by atoms with Crippen molar-refractivity contribution in [3.63, 3.8) is 0 Å². The normalized spacial score (nSPS) is 19.8. The van der Waals surface area contributed by atoms with Crippen LogP contribution >= 0.6 is 0 Å². The van der Waals surface area contributed by atoms with E-state index in [0.717, 1.165) is 48.0 Å². The van der Waals surface area contributed by atoms with Crippen molar-refractivity contribution < 1.29 is 9.32 Å². The summed E-state index contributed by atoms with van der Waals surface area (Å²) in [5.41, 5.74) is 2.59. The summed E-state index contributed by atoms with van der Waals surface area (Å²) in [6, 6.07) is 12.6. The van der Waals surface area contributed by atoms with Crippen molar-refractivity contribution >= 4 is 16.8 Å². The van der Waals surface area contributed by atoms with Crippen LogP contribution in [0.25, 0.3) is 10.9 Å². The maximum absolute atomic E-state index is 13.2. The van der Waals surface area contributed by atoms with E-state index >= 15 is 0 Å². The van der Waals surface area contributed by atoms with Gasteiger partial charge in [-0.3, -0.25) is 4.79 Å². The fraction of sp³-hybridized carbons (Fsp3) is 0.455. The monoisotopic (exact) mass is 380 g/mol. The molecule has 0 saturated heterocycles. The summed E-state index contributed by atoms with van der Waals surface area (Å²) >= 11 is 0. The average molecular weight is 380 g/mol. The fourth-order valence-corrected chi connectivity index (χ4v) is 4.29. The van der Waals surface area contributed by atoms with Crippen LogP contribution in [0.3, 0.4) is 0 Å². The van der Waals surface area contributed by atoms with E-state index in [1.165, 1.54) is 0 Å². The lowest BCUT2D eigenvalue weighted by molar-refractivity contribution is 0.0622. The number of amides is 1. The quantitative estimate of drug-likeness (QED) is 0.677. The van der Waals surface area contributed by atoms with E-state index in [1.807, 2.05) is 48.2 Å². The molecule has 0 aliphatic heterocycles. The lowest BCUT2D eigenvalue weighted by atomic mass is 9.89. The minimum Gasteiger partial charge on any atom is -0.360 e. The number of aryl methyl sites for hydroxylation is 1. The third-order valence-corrected chi connectivity index (χ3v) is 5.69. The Morgan fingerprint density at radius 3 is 2.93 bits per heavy atom. The van der Waals surface area contributed by atoms with Gasteiger partial charge in [-0.25, -0.2) is 0 Å². The van der Waals surface area contributed by atoms with E-state index in [2.05, 4.69) is 22.4 Å². The summed E-state index contributed by atoms with van der Waals surface area (Å²) in [6.45, 7) is 5.39. The predicted molar refractivity (Wildman–Crippen MR) is 109 cm³/mol. The van der Waals surface area contributed by atoms with Crippen LogP contribution in [0.4, 0.5) is 0 Å². The molecule has 0 spiro atoms. The summed E-state index contributed by atoms with van der Waals surface area (Å²) in [4.78, 5) is 18.5. The van der Waals surface area contributed by atoms with E-state index in [1.54, 1.807) is 0 Å². The Kier molecular flexibility index (Phi) is 5.48. The van der Waals surface area contributed by atoms with Crippen molar-refractivity contribution in [1.29, 1.82) is 0 Å². The molecule has 1 aliphatic carbocycles. The van der Waals surface area contributed by atoms with Crippen molar-refractivity contribution in [3.8, 4) is 0 Å². The van der Waals surface area contributed by atoms with E-state index in [4.69, 9.17) is 4.52 Å². The first-order chi connectivity index (χ1) is 13.6. The second kappa shape index (κ2) is 8.19. The predicted octanol–water partition coefficient (Wildman–Crippen LogP) is 4.03. The zero-order valence-electron chi connectivity index (χ0n) is 16.6. The van der Waals surface area contributed by atoms with Crippen LogP contribution in [-0.2, 0) is 6.54 Å². The molecule has 0 radical (unpaired) electrons. The van der Waals surface area contributed by atoms with E-state index in [9.17, 15) is 4.79 Å². The van der Waals surface area contributed by atoms with E-state index in [-0.39, 0.29) is 11.9 Å². The topological polar surface area (TPSA) is 74.2 Å². The lowest BCUT2D eigenvalue weighted by Gasteiger charge is -2.37. The number of carbonyl (C=O) groups excluding carboxylic acids is 1. The fourth-order valence-electron chi connectivity index (χ4n) is 4.29. The number of rotatable bonds is 6. The molecule has 1 saturated carbocycles. The van der Waals surface area contributed by atoms with E-state index < -0.39 is 0 Å². The third-order valence-electron chi connectivity index (χ3n) is 5.69. The van der Waals surface area contributed by atoms with Crippen molar-refractivity contribution in [2.45, 2.75) is 58.2 Å².